The summed E-state index contributed by atoms with van der Waals surface area (Å²) in [6.45, 7) is 1.06. The Balaban J connectivity index is 3.75. The van der Waals surface area contributed by atoms with Crippen molar-refractivity contribution in [3.05, 3.63) is 5.21 Å². The van der Waals surface area contributed by atoms with Crippen molar-refractivity contribution in [1.29, 1.82) is 0 Å². The van der Waals surface area contributed by atoms with E-state index in [-0.39, 0.29) is 4.86 Å². The van der Waals surface area contributed by atoms with E-state index < -0.39 is 12.7 Å². The lowest BCUT2D eigenvalue weighted by Crippen LogP contribution is -2.21. The summed E-state index contributed by atoms with van der Waals surface area (Å²) in [7, 11) is 0. The van der Waals surface area contributed by atoms with E-state index in [2.05, 4.69) is 0 Å². The molecule has 1 atom stereocenters. The van der Waals surface area contributed by atoms with E-state index in [0.717, 1.165) is 6.42 Å². The maximum Gasteiger partial charge on any atom is 0.220 e. The fraction of sp³-hybridized carbons (Fsp3) is 1.00. The average molecular weight is 166 g/mol. The fourth-order valence-electron chi connectivity index (χ4n) is 0.748. The van der Waals surface area contributed by atoms with Gasteiger partial charge in [-0.25, -0.2) is 4.39 Å². The van der Waals surface area contributed by atoms with Gasteiger partial charge in [0.05, 0.1) is 0 Å². The Morgan fingerprint density at radius 3 is 2.64 bits per heavy atom. The zero-order chi connectivity index (χ0) is 8.69. The monoisotopic (exact) mass is 166 g/mol. The number of hydroxylamine groups is 1. The topological polar surface area (TPSA) is 38.4 Å². The van der Waals surface area contributed by atoms with E-state index in [1.54, 1.807) is 0 Å². The van der Waals surface area contributed by atoms with Crippen LogP contribution in [0.4, 0.5) is 8.87 Å². The molecule has 0 N–H and O–H groups in total. The van der Waals surface area contributed by atoms with Gasteiger partial charge in [-0.15, -0.1) is 0 Å². The van der Waals surface area contributed by atoms with Crippen molar-refractivity contribution in [2.75, 3.05) is 6.67 Å². The van der Waals surface area contributed by atoms with Crippen LogP contribution in [-0.2, 0) is 0 Å². The summed E-state index contributed by atoms with van der Waals surface area (Å²) in [6, 6.07) is -0.944. The molecule has 0 aromatic rings. The third-order valence-electron chi connectivity index (χ3n) is 1.46. The van der Waals surface area contributed by atoms with Gasteiger partial charge < -0.3 is 5.21 Å². The first-order valence-corrected chi connectivity index (χ1v) is 3.60. The van der Waals surface area contributed by atoms with Gasteiger partial charge in [0.25, 0.3) is 0 Å². The molecule has 0 saturated carbocycles. The molecule has 0 rings (SSSR count). The molecule has 0 saturated heterocycles. The standard InChI is InChI=1S/C6H12F2N2O/c1-2-3-4-6(5-7)10(11)9-8/h6H,2-5H2,1H3. The first kappa shape index (κ1) is 10.3. The third kappa shape index (κ3) is 3.85. The predicted octanol–water partition coefficient (Wildman–Crippen LogP) is 2.36. The highest BCUT2D eigenvalue weighted by Crippen LogP contribution is 2.05. The van der Waals surface area contributed by atoms with Crippen LogP contribution in [0.25, 0.3) is 0 Å². The molecule has 0 spiro atoms. The largest absolute Gasteiger partial charge is 0.598 e. The lowest BCUT2D eigenvalue weighted by molar-refractivity contribution is -0.585. The summed E-state index contributed by atoms with van der Waals surface area (Å²) in [5.41, 5.74) is 0. The summed E-state index contributed by atoms with van der Waals surface area (Å²) in [4.78, 5) is -0.213. The molecule has 0 aliphatic heterocycles. The summed E-state index contributed by atoms with van der Waals surface area (Å²) in [5.74, 6) is 0. The van der Waals surface area contributed by atoms with Crippen LogP contribution in [0.5, 0.6) is 0 Å². The molecule has 0 heterocycles. The number of nitrogens with zero attached hydrogens (tertiary/aromatic N) is 2. The van der Waals surface area contributed by atoms with E-state index >= 15 is 0 Å². The van der Waals surface area contributed by atoms with Crippen LogP contribution in [0, 0.1) is 5.21 Å². The maximum atomic E-state index is 11.9. The Hall–Kier alpha value is -0.740. The molecule has 11 heavy (non-hydrogen) atoms. The van der Waals surface area contributed by atoms with Crippen LogP contribution in [0.3, 0.4) is 0 Å². The highest BCUT2D eigenvalue weighted by molar-refractivity contribution is 4.52. The number of unbranched alkanes of at least 4 members (excludes halogenated alkanes) is 1. The Labute approximate surface area is 64.2 Å². The van der Waals surface area contributed by atoms with Gasteiger partial charge >= 0.3 is 0 Å². The number of halogens is 2. The molecule has 0 aliphatic carbocycles. The smallest absolute Gasteiger partial charge is 0.220 e. The number of alkyl halides is 1. The molecule has 0 bridgehead atoms. The van der Waals surface area contributed by atoms with Crippen molar-refractivity contribution in [1.82, 2.24) is 0 Å². The Bertz CT molecular complexity index is 130. The lowest BCUT2D eigenvalue weighted by atomic mass is 10.1. The number of hydrogen-bond donors (Lipinski definition) is 0. The van der Waals surface area contributed by atoms with Crippen LogP contribution in [0.15, 0.2) is 5.34 Å². The molecular weight excluding hydrogens is 154 g/mol. The second-order valence-electron chi connectivity index (χ2n) is 2.33. The minimum absolute atomic E-state index is 0.213. The Morgan fingerprint density at radius 2 is 2.27 bits per heavy atom. The van der Waals surface area contributed by atoms with E-state index in [9.17, 15) is 14.1 Å². The first-order chi connectivity index (χ1) is 5.26. The van der Waals surface area contributed by atoms with E-state index in [0.29, 0.717) is 12.8 Å². The van der Waals surface area contributed by atoms with Crippen LogP contribution in [0.1, 0.15) is 26.2 Å². The molecule has 0 amide bonds. The minimum atomic E-state index is -0.944. The van der Waals surface area contributed by atoms with Gasteiger partial charge in [-0.1, -0.05) is 18.2 Å². The molecule has 66 valence electrons. The first-order valence-electron chi connectivity index (χ1n) is 3.60. The van der Waals surface area contributed by atoms with Crippen LogP contribution >= 0.6 is 0 Å². The van der Waals surface area contributed by atoms with Gasteiger partial charge in [0.1, 0.15) is 0 Å². The molecule has 0 aromatic heterocycles. The van der Waals surface area contributed by atoms with Crippen molar-refractivity contribution in [3.63, 3.8) is 0 Å². The predicted molar refractivity (Wildman–Crippen MR) is 36.5 cm³/mol. The van der Waals surface area contributed by atoms with Crippen molar-refractivity contribution in [2.45, 2.75) is 32.2 Å². The van der Waals surface area contributed by atoms with E-state index in [4.69, 9.17) is 0 Å². The van der Waals surface area contributed by atoms with E-state index in [1.165, 1.54) is 0 Å². The zero-order valence-corrected chi connectivity index (χ0v) is 6.46. The molecule has 5 heteroatoms. The second-order valence-corrected chi connectivity index (χ2v) is 2.33. The quantitative estimate of drug-likeness (QED) is 0.351. The summed E-state index contributed by atoms with van der Waals surface area (Å²) < 4.78 is 23.3. The van der Waals surface area contributed by atoms with Gasteiger partial charge in [-0.05, 0) is 10.9 Å². The fourth-order valence-corrected chi connectivity index (χ4v) is 0.748. The Kier molecular flexibility index (Phi) is 5.60. The van der Waals surface area contributed by atoms with Gasteiger partial charge in [0, 0.05) is 6.42 Å². The van der Waals surface area contributed by atoms with Gasteiger partial charge in [-0.2, -0.15) is 0 Å². The van der Waals surface area contributed by atoms with Crippen LogP contribution < -0.4 is 0 Å². The molecule has 0 fully saturated rings. The summed E-state index contributed by atoms with van der Waals surface area (Å²) >= 11 is 0. The normalized spacial score (nSPS) is 15.0. The van der Waals surface area contributed by atoms with Gasteiger partial charge in [0.15, 0.2) is 12.0 Å². The van der Waals surface area contributed by atoms with Crippen molar-refractivity contribution in [2.24, 2.45) is 5.34 Å². The maximum absolute atomic E-state index is 11.9. The van der Waals surface area contributed by atoms with Crippen molar-refractivity contribution < 1.29 is 13.7 Å². The van der Waals surface area contributed by atoms with Crippen molar-refractivity contribution >= 4 is 0 Å². The SMILES string of the molecule is CCCCC(CF)[N+]([O-])=NF. The van der Waals surface area contributed by atoms with Gasteiger partial charge in [0.2, 0.25) is 6.04 Å². The number of rotatable bonds is 5. The zero-order valence-electron chi connectivity index (χ0n) is 6.46. The molecule has 1 unspecified atom stereocenters. The lowest BCUT2D eigenvalue weighted by Gasteiger charge is -2.07. The van der Waals surface area contributed by atoms with E-state index in [1.807, 2.05) is 12.3 Å². The van der Waals surface area contributed by atoms with Crippen LogP contribution in [0.2, 0.25) is 0 Å². The minimum Gasteiger partial charge on any atom is -0.598 e. The van der Waals surface area contributed by atoms with Crippen molar-refractivity contribution in [3.8, 4) is 0 Å². The number of hydrogen-bond acceptors (Lipinski definition) is 2. The second kappa shape index (κ2) is 6.00. The highest BCUT2D eigenvalue weighted by atomic mass is 19.2. The highest BCUT2D eigenvalue weighted by Gasteiger charge is 2.16. The molecular formula is C6H12F2N2O. The Morgan fingerprint density at radius 1 is 1.64 bits per heavy atom. The average Bonchev–Trinajstić information content (AvgIpc) is 2.05. The summed E-state index contributed by atoms with van der Waals surface area (Å²) in [5, 5.41) is 12.2. The summed E-state index contributed by atoms with van der Waals surface area (Å²) in [6.07, 6.45) is 1.92. The third-order valence-corrected chi connectivity index (χ3v) is 1.46. The molecule has 0 radical (unpaired) electrons. The molecule has 0 aromatic carbocycles. The van der Waals surface area contributed by atoms with Gasteiger partial charge in [-0.3, -0.25) is 0 Å². The van der Waals surface area contributed by atoms with Crippen LogP contribution in [-0.4, -0.2) is 17.6 Å². The molecule has 3 nitrogen and oxygen atoms in total. The molecule has 0 aliphatic rings.